The maximum atomic E-state index is 12.3. The van der Waals surface area contributed by atoms with E-state index in [1.165, 1.54) is 12.8 Å². The Balaban J connectivity index is 0.00000220. The Bertz CT molecular complexity index is 500. The first-order valence-electron chi connectivity index (χ1n) is 7.49. The predicted molar refractivity (Wildman–Crippen MR) is 90.3 cm³/mol. The van der Waals surface area contributed by atoms with E-state index in [1.807, 2.05) is 32.0 Å². The van der Waals surface area contributed by atoms with Gasteiger partial charge >= 0.3 is 0 Å². The van der Waals surface area contributed by atoms with Crippen molar-refractivity contribution in [3.05, 3.63) is 34.9 Å². The molecule has 0 aliphatic carbocycles. The van der Waals surface area contributed by atoms with Gasteiger partial charge in [-0.2, -0.15) is 0 Å². The summed E-state index contributed by atoms with van der Waals surface area (Å²) in [5.41, 5.74) is 3.19. The highest BCUT2D eigenvalue weighted by atomic mass is 35.5. The number of hydrogen-bond acceptors (Lipinski definition) is 2. The monoisotopic (exact) mass is 310 g/mol. The number of aryl methyl sites for hydroxylation is 2. The molecule has 1 aromatic rings. The fourth-order valence-corrected chi connectivity index (χ4v) is 2.89. The minimum atomic E-state index is 0. The van der Waals surface area contributed by atoms with E-state index in [9.17, 15) is 4.79 Å². The van der Waals surface area contributed by atoms with Crippen LogP contribution in [0.3, 0.4) is 0 Å². The van der Waals surface area contributed by atoms with Gasteiger partial charge < -0.3 is 10.6 Å². The van der Waals surface area contributed by atoms with Crippen molar-refractivity contribution >= 4 is 18.3 Å². The Labute approximate surface area is 134 Å². The first-order valence-corrected chi connectivity index (χ1v) is 7.49. The highest BCUT2D eigenvalue weighted by Crippen LogP contribution is 2.29. The lowest BCUT2D eigenvalue weighted by Crippen LogP contribution is -2.52. The van der Waals surface area contributed by atoms with Crippen molar-refractivity contribution in [2.75, 3.05) is 13.1 Å². The van der Waals surface area contributed by atoms with Crippen LogP contribution in [0, 0.1) is 19.3 Å². The van der Waals surface area contributed by atoms with Crippen LogP contribution >= 0.6 is 12.4 Å². The molecule has 1 unspecified atom stereocenters. The van der Waals surface area contributed by atoms with Crippen molar-refractivity contribution in [1.29, 1.82) is 0 Å². The molecule has 0 radical (unpaired) electrons. The van der Waals surface area contributed by atoms with Crippen LogP contribution in [-0.2, 0) is 0 Å². The van der Waals surface area contributed by atoms with E-state index in [4.69, 9.17) is 0 Å². The molecular weight excluding hydrogens is 284 g/mol. The van der Waals surface area contributed by atoms with E-state index in [1.54, 1.807) is 0 Å². The van der Waals surface area contributed by atoms with Gasteiger partial charge in [0, 0.05) is 18.2 Å². The molecule has 1 fully saturated rings. The summed E-state index contributed by atoms with van der Waals surface area (Å²) in [6, 6.07) is 6.36. The zero-order valence-corrected chi connectivity index (χ0v) is 14.3. The Hall–Kier alpha value is -1.06. The molecule has 2 rings (SSSR count). The summed E-state index contributed by atoms with van der Waals surface area (Å²) in [4.78, 5) is 12.3. The smallest absolute Gasteiger partial charge is 0.251 e. The van der Waals surface area contributed by atoms with Gasteiger partial charge in [-0.25, -0.2) is 0 Å². The van der Waals surface area contributed by atoms with Gasteiger partial charge in [-0.05, 0) is 50.3 Å². The highest BCUT2D eigenvalue weighted by Gasteiger charge is 2.32. The molecule has 0 bridgehead atoms. The molecule has 118 valence electrons. The van der Waals surface area contributed by atoms with Gasteiger partial charge in [0.15, 0.2) is 0 Å². The van der Waals surface area contributed by atoms with Crippen LogP contribution in [0.15, 0.2) is 18.2 Å². The van der Waals surface area contributed by atoms with Crippen molar-refractivity contribution in [2.45, 2.75) is 46.6 Å². The van der Waals surface area contributed by atoms with Crippen LogP contribution in [-0.4, -0.2) is 25.0 Å². The van der Waals surface area contributed by atoms with Crippen LogP contribution in [0.25, 0.3) is 0 Å². The topological polar surface area (TPSA) is 41.1 Å². The lowest BCUT2D eigenvalue weighted by Gasteiger charge is -2.39. The van der Waals surface area contributed by atoms with Crippen LogP contribution in [0.2, 0.25) is 0 Å². The van der Waals surface area contributed by atoms with Gasteiger partial charge in [-0.1, -0.05) is 31.5 Å². The third-order valence-corrected chi connectivity index (χ3v) is 4.44. The van der Waals surface area contributed by atoms with Crippen molar-refractivity contribution in [3.63, 3.8) is 0 Å². The largest absolute Gasteiger partial charge is 0.350 e. The molecule has 1 aliphatic rings. The normalized spacial score (nSPS) is 20.5. The number of hydrogen-bond donors (Lipinski definition) is 2. The standard InChI is InChI=1S/C17H26N2O.ClH/c1-12-6-7-13(2)14(10-12)16(20)19-11-15-17(3,4)8-5-9-18-15;/h6-7,10,15,18H,5,8-9,11H2,1-4H3,(H,19,20);1H. The third-order valence-electron chi connectivity index (χ3n) is 4.44. The van der Waals surface area contributed by atoms with Crippen LogP contribution < -0.4 is 10.6 Å². The average molecular weight is 311 g/mol. The molecule has 0 spiro atoms. The first-order chi connectivity index (χ1) is 9.40. The zero-order chi connectivity index (χ0) is 14.8. The number of rotatable bonds is 3. The Morgan fingerprint density at radius 3 is 2.76 bits per heavy atom. The molecule has 0 saturated carbocycles. The van der Waals surface area contributed by atoms with Gasteiger partial charge in [-0.3, -0.25) is 4.79 Å². The molecule has 4 heteroatoms. The summed E-state index contributed by atoms with van der Waals surface area (Å²) in [5, 5.41) is 6.62. The Morgan fingerprint density at radius 1 is 1.38 bits per heavy atom. The number of piperidine rings is 1. The van der Waals surface area contributed by atoms with Crippen molar-refractivity contribution < 1.29 is 4.79 Å². The number of carbonyl (C=O) groups excluding carboxylic acids is 1. The summed E-state index contributed by atoms with van der Waals surface area (Å²) in [7, 11) is 0. The molecule has 1 saturated heterocycles. The van der Waals surface area contributed by atoms with E-state index in [0.29, 0.717) is 12.6 Å². The van der Waals surface area contributed by atoms with Crippen molar-refractivity contribution in [2.24, 2.45) is 5.41 Å². The minimum Gasteiger partial charge on any atom is -0.350 e. The molecule has 0 aromatic heterocycles. The second kappa shape index (κ2) is 7.28. The summed E-state index contributed by atoms with van der Waals surface area (Å²) >= 11 is 0. The molecule has 1 aromatic carbocycles. The lowest BCUT2D eigenvalue weighted by atomic mass is 9.77. The van der Waals surface area contributed by atoms with E-state index in [-0.39, 0.29) is 23.7 Å². The molecule has 1 atom stereocenters. The Morgan fingerprint density at radius 2 is 2.10 bits per heavy atom. The molecule has 3 nitrogen and oxygen atoms in total. The summed E-state index contributed by atoms with van der Waals surface area (Å²) in [5.74, 6) is 0.0365. The molecule has 2 N–H and O–H groups in total. The molecular formula is C17H27ClN2O. The van der Waals surface area contributed by atoms with E-state index in [2.05, 4.69) is 24.5 Å². The van der Waals surface area contributed by atoms with Gasteiger partial charge in [0.25, 0.3) is 5.91 Å². The van der Waals surface area contributed by atoms with Crippen molar-refractivity contribution in [3.8, 4) is 0 Å². The van der Waals surface area contributed by atoms with Gasteiger partial charge in [-0.15, -0.1) is 12.4 Å². The number of halogens is 1. The Kier molecular flexibility index (Phi) is 6.24. The zero-order valence-electron chi connectivity index (χ0n) is 13.5. The fourth-order valence-electron chi connectivity index (χ4n) is 2.89. The second-order valence-corrected chi connectivity index (χ2v) is 6.63. The van der Waals surface area contributed by atoms with E-state index < -0.39 is 0 Å². The quantitative estimate of drug-likeness (QED) is 0.900. The summed E-state index contributed by atoms with van der Waals surface area (Å²) < 4.78 is 0. The fraction of sp³-hybridized carbons (Fsp3) is 0.588. The van der Waals surface area contributed by atoms with E-state index in [0.717, 1.165) is 23.2 Å². The first kappa shape index (κ1) is 18.0. The molecule has 1 amide bonds. The molecule has 21 heavy (non-hydrogen) atoms. The third kappa shape index (κ3) is 4.45. The maximum absolute atomic E-state index is 12.3. The summed E-state index contributed by atoms with van der Waals surface area (Å²) in [6.07, 6.45) is 2.43. The van der Waals surface area contributed by atoms with Crippen LogP contribution in [0.5, 0.6) is 0 Å². The van der Waals surface area contributed by atoms with Crippen LogP contribution in [0.4, 0.5) is 0 Å². The lowest BCUT2D eigenvalue weighted by molar-refractivity contribution is 0.0928. The number of nitrogens with one attached hydrogen (secondary N) is 2. The highest BCUT2D eigenvalue weighted by molar-refractivity contribution is 5.95. The number of amides is 1. The predicted octanol–water partition coefficient (Wildman–Crippen LogP) is 3.23. The van der Waals surface area contributed by atoms with Crippen LogP contribution in [0.1, 0.15) is 48.2 Å². The number of carbonyl (C=O) groups is 1. The maximum Gasteiger partial charge on any atom is 0.251 e. The van der Waals surface area contributed by atoms with Crippen molar-refractivity contribution in [1.82, 2.24) is 10.6 Å². The molecule has 1 heterocycles. The second-order valence-electron chi connectivity index (χ2n) is 6.63. The SMILES string of the molecule is Cc1ccc(C)c(C(=O)NCC2NCCCC2(C)C)c1.Cl. The van der Waals surface area contributed by atoms with Gasteiger partial charge in [0.1, 0.15) is 0 Å². The van der Waals surface area contributed by atoms with E-state index >= 15 is 0 Å². The van der Waals surface area contributed by atoms with Gasteiger partial charge in [0.05, 0.1) is 0 Å². The minimum absolute atomic E-state index is 0. The summed E-state index contributed by atoms with van der Waals surface area (Å²) in [6.45, 7) is 10.3. The van der Waals surface area contributed by atoms with Gasteiger partial charge in [0.2, 0.25) is 0 Å². The number of benzene rings is 1. The molecule has 1 aliphatic heterocycles. The average Bonchev–Trinajstić information content (AvgIpc) is 2.39.